The highest BCUT2D eigenvalue weighted by molar-refractivity contribution is 5.93. The smallest absolute Gasteiger partial charge is 0.246 e. The largest absolute Gasteiger partial charge is 0.352 e. The summed E-state index contributed by atoms with van der Waals surface area (Å²) >= 11 is 0. The van der Waals surface area contributed by atoms with Crippen molar-refractivity contribution in [2.75, 3.05) is 6.54 Å². The van der Waals surface area contributed by atoms with Gasteiger partial charge in [-0.05, 0) is 19.3 Å². The van der Waals surface area contributed by atoms with Crippen LogP contribution in [-0.2, 0) is 4.79 Å². The summed E-state index contributed by atoms with van der Waals surface area (Å²) in [5, 5.41) is 2.83. The van der Waals surface area contributed by atoms with Crippen molar-refractivity contribution in [1.29, 1.82) is 0 Å². The highest BCUT2D eigenvalue weighted by Gasteiger charge is 2.12. The lowest BCUT2D eigenvalue weighted by Gasteiger charge is -2.14. The molecule has 1 aliphatic heterocycles. The van der Waals surface area contributed by atoms with E-state index in [1.807, 2.05) is 0 Å². The fourth-order valence-electron chi connectivity index (χ4n) is 1.22. The lowest BCUT2D eigenvalue weighted by atomic mass is 10.0. The molecule has 0 atom stereocenters. The molecule has 62 valence electrons. The van der Waals surface area contributed by atoms with Crippen LogP contribution in [0.5, 0.6) is 0 Å². The molecule has 1 N–H and O–H groups in total. The summed E-state index contributed by atoms with van der Waals surface area (Å²) in [6.45, 7) is 2.97. The summed E-state index contributed by atoms with van der Waals surface area (Å²) in [5.74, 6) is 0.143. The van der Waals surface area contributed by atoms with Gasteiger partial charge in [-0.3, -0.25) is 4.79 Å². The summed E-state index contributed by atoms with van der Waals surface area (Å²) in [5.41, 5.74) is 0.984. The maximum absolute atomic E-state index is 11.1. The monoisotopic (exact) mass is 153 g/mol. The molecule has 1 heterocycles. The van der Waals surface area contributed by atoms with E-state index >= 15 is 0 Å². The van der Waals surface area contributed by atoms with Crippen LogP contribution in [0.4, 0.5) is 0 Å². The molecule has 1 saturated heterocycles. The number of hydrogen-bond acceptors (Lipinski definition) is 1. The molecule has 0 spiro atoms. The first kappa shape index (κ1) is 8.31. The molecule has 0 unspecified atom stereocenters. The molecular formula is C9H15NO. The fraction of sp³-hybridized carbons (Fsp3) is 0.667. The maximum Gasteiger partial charge on any atom is 0.246 e. The van der Waals surface area contributed by atoms with E-state index in [2.05, 4.69) is 18.3 Å². The van der Waals surface area contributed by atoms with Gasteiger partial charge in [0.25, 0.3) is 0 Å². The third-order valence-electron chi connectivity index (χ3n) is 1.88. The average molecular weight is 153 g/mol. The third-order valence-corrected chi connectivity index (χ3v) is 1.88. The Morgan fingerprint density at radius 3 is 3.09 bits per heavy atom. The van der Waals surface area contributed by atoms with Crippen molar-refractivity contribution in [1.82, 2.24) is 5.32 Å². The molecule has 0 bridgehead atoms. The van der Waals surface area contributed by atoms with E-state index in [1.54, 1.807) is 0 Å². The summed E-state index contributed by atoms with van der Waals surface area (Å²) in [6.07, 6.45) is 6.28. The van der Waals surface area contributed by atoms with Crippen LogP contribution in [0.25, 0.3) is 0 Å². The second-order valence-corrected chi connectivity index (χ2v) is 2.88. The Morgan fingerprint density at radius 1 is 1.64 bits per heavy atom. The van der Waals surface area contributed by atoms with Crippen LogP contribution < -0.4 is 5.32 Å². The summed E-state index contributed by atoms with van der Waals surface area (Å²) in [7, 11) is 0. The Hall–Kier alpha value is -0.790. The molecule has 1 rings (SSSR count). The van der Waals surface area contributed by atoms with E-state index in [1.165, 1.54) is 0 Å². The predicted molar refractivity (Wildman–Crippen MR) is 45.2 cm³/mol. The normalized spacial score (nSPS) is 21.9. The number of piperidine rings is 1. The molecule has 0 saturated carbocycles. The molecule has 0 aliphatic carbocycles. The van der Waals surface area contributed by atoms with Crippen LogP contribution in [0.2, 0.25) is 0 Å². The van der Waals surface area contributed by atoms with Gasteiger partial charge >= 0.3 is 0 Å². The third kappa shape index (κ3) is 2.37. The number of hydrogen-bond donors (Lipinski definition) is 1. The number of carbonyl (C=O) groups excluding carboxylic acids is 1. The first-order valence-electron chi connectivity index (χ1n) is 4.32. The van der Waals surface area contributed by atoms with Gasteiger partial charge in [-0.2, -0.15) is 0 Å². The van der Waals surface area contributed by atoms with Crippen molar-refractivity contribution in [2.24, 2.45) is 0 Å². The molecule has 11 heavy (non-hydrogen) atoms. The van der Waals surface area contributed by atoms with E-state index < -0.39 is 0 Å². The Labute approximate surface area is 67.7 Å². The van der Waals surface area contributed by atoms with Gasteiger partial charge in [-0.1, -0.05) is 19.4 Å². The van der Waals surface area contributed by atoms with Crippen molar-refractivity contribution < 1.29 is 4.79 Å². The number of carbonyl (C=O) groups is 1. The lowest BCUT2D eigenvalue weighted by Crippen LogP contribution is -2.30. The zero-order valence-corrected chi connectivity index (χ0v) is 7.02. The van der Waals surface area contributed by atoms with Gasteiger partial charge in [0, 0.05) is 12.1 Å². The summed E-state index contributed by atoms with van der Waals surface area (Å²) in [4.78, 5) is 11.1. The molecule has 0 aromatic heterocycles. The van der Waals surface area contributed by atoms with E-state index in [-0.39, 0.29) is 5.91 Å². The summed E-state index contributed by atoms with van der Waals surface area (Å²) < 4.78 is 0. The zero-order chi connectivity index (χ0) is 8.10. The Balaban J connectivity index is 2.47. The molecule has 0 aromatic carbocycles. The van der Waals surface area contributed by atoms with Gasteiger partial charge in [-0.15, -0.1) is 0 Å². The highest BCUT2D eigenvalue weighted by Crippen LogP contribution is 2.10. The number of amides is 1. The quantitative estimate of drug-likeness (QED) is 0.600. The zero-order valence-electron chi connectivity index (χ0n) is 7.02. The minimum atomic E-state index is 0.143. The number of rotatable bonds is 2. The van der Waals surface area contributed by atoms with Crippen molar-refractivity contribution in [3.63, 3.8) is 0 Å². The second-order valence-electron chi connectivity index (χ2n) is 2.88. The molecule has 2 nitrogen and oxygen atoms in total. The SMILES string of the molecule is CCC/C=C1/CCCNC1=O. The van der Waals surface area contributed by atoms with E-state index in [0.717, 1.165) is 37.8 Å². The van der Waals surface area contributed by atoms with Crippen LogP contribution in [0.15, 0.2) is 11.6 Å². The van der Waals surface area contributed by atoms with E-state index in [0.29, 0.717) is 0 Å². The van der Waals surface area contributed by atoms with E-state index in [4.69, 9.17) is 0 Å². The van der Waals surface area contributed by atoms with Crippen molar-refractivity contribution in [3.05, 3.63) is 11.6 Å². The van der Waals surface area contributed by atoms with Crippen LogP contribution in [0.1, 0.15) is 32.6 Å². The summed E-state index contributed by atoms with van der Waals surface area (Å²) in [6, 6.07) is 0. The molecule has 1 aliphatic rings. The van der Waals surface area contributed by atoms with Crippen molar-refractivity contribution >= 4 is 5.91 Å². The molecule has 2 heteroatoms. The van der Waals surface area contributed by atoms with Gasteiger partial charge in [0.1, 0.15) is 0 Å². The van der Waals surface area contributed by atoms with Crippen LogP contribution in [-0.4, -0.2) is 12.5 Å². The van der Waals surface area contributed by atoms with Gasteiger partial charge in [0.15, 0.2) is 0 Å². The molecule has 1 fully saturated rings. The first-order valence-corrected chi connectivity index (χ1v) is 4.32. The number of nitrogens with one attached hydrogen (secondary N) is 1. The van der Waals surface area contributed by atoms with Gasteiger partial charge < -0.3 is 5.32 Å². The van der Waals surface area contributed by atoms with Crippen LogP contribution in [0, 0.1) is 0 Å². The predicted octanol–water partition coefficient (Wildman–Crippen LogP) is 1.62. The Kier molecular flexibility index (Phi) is 3.14. The molecule has 0 aromatic rings. The Morgan fingerprint density at radius 2 is 2.45 bits per heavy atom. The topological polar surface area (TPSA) is 29.1 Å². The van der Waals surface area contributed by atoms with Crippen LogP contribution in [0.3, 0.4) is 0 Å². The second kappa shape index (κ2) is 4.16. The first-order chi connectivity index (χ1) is 5.34. The average Bonchev–Trinajstić information content (AvgIpc) is 2.03. The van der Waals surface area contributed by atoms with Crippen molar-refractivity contribution in [2.45, 2.75) is 32.6 Å². The van der Waals surface area contributed by atoms with Crippen LogP contribution >= 0.6 is 0 Å². The van der Waals surface area contributed by atoms with Gasteiger partial charge in [-0.25, -0.2) is 0 Å². The van der Waals surface area contributed by atoms with Gasteiger partial charge in [0.05, 0.1) is 0 Å². The highest BCUT2D eigenvalue weighted by atomic mass is 16.1. The standard InChI is InChI=1S/C9H15NO/c1-2-3-5-8-6-4-7-10-9(8)11/h5H,2-4,6-7H2,1H3,(H,10,11)/b8-5-. The molecule has 1 amide bonds. The number of unbranched alkanes of at least 4 members (excludes halogenated alkanes) is 1. The molecular weight excluding hydrogens is 138 g/mol. The minimum Gasteiger partial charge on any atom is -0.352 e. The Bertz CT molecular complexity index is 172. The number of allylic oxidation sites excluding steroid dienone is 1. The maximum atomic E-state index is 11.1. The lowest BCUT2D eigenvalue weighted by molar-refractivity contribution is -0.118. The minimum absolute atomic E-state index is 0.143. The van der Waals surface area contributed by atoms with Gasteiger partial charge in [0.2, 0.25) is 5.91 Å². The molecule has 0 radical (unpaired) electrons. The fourth-order valence-corrected chi connectivity index (χ4v) is 1.22. The van der Waals surface area contributed by atoms with Crippen molar-refractivity contribution in [3.8, 4) is 0 Å². The van der Waals surface area contributed by atoms with E-state index in [9.17, 15) is 4.79 Å².